The molecule has 0 aliphatic heterocycles. The molecule has 22 heavy (non-hydrogen) atoms. The molecule has 7 heteroatoms. The first-order valence-corrected chi connectivity index (χ1v) is 9.10. The zero-order chi connectivity index (χ0) is 16.2. The Morgan fingerprint density at radius 2 is 1.91 bits per heavy atom. The molecule has 0 saturated heterocycles. The molecule has 1 heterocycles. The van der Waals surface area contributed by atoms with Crippen LogP contribution >= 0.6 is 11.3 Å². The highest BCUT2D eigenvalue weighted by molar-refractivity contribution is 7.91. The minimum absolute atomic E-state index is 0.0986. The molecule has 2 rings (SSSR count). The summed E-state index contributed by atoms with van der Waals surface area (Å²) in [6, 6.07) is 11.0. The number of hydrogen-bond acceptors (Lipinski definition) is 4. The van der Waals surface area contributed by atoms with Gasteiger partial charge in [-0.1, -0.05) is 37.3 Å². The van der Waals surface area contributed by atoms with E-state index in [1.54, 1.807) is 30.3 Å². The van der Waals surface area contributed by atoms with Gasteiger partial charge in [-0.25, -0.2) is 8.42 Å². The number of aliphatic carboxylic acids is 1. The second-order valence-electron chi connectivity index (χ2n) is 4.78. The van der Waals surface area contributed by atoms with E-state index in [0.29, 0.717) is 0 Å². The predicted molar refractivity (Wildman–Crippen MR) is 85.6 cm³/mol. The van der Waals surface area contributed by atoms with Crippen molar-refractivity contribution in [2.45, 2.75) is 30.0 Å². The molecule has 0 saturated carbocycles. The molecule has 0 fully saturated rings. The average molecular weight is 339 g/mol. The largest absolute Gasteiger partial charge is 0.480 e. The van der Waals surface area contributed by atoms with Gasteiger partial charge in [-0.15, -0.1) is 11.3 Å². The minimum atomic E-state index is -3.83. The van der Waals surface area contributed by atoms with E-state index in [1.807, 2.05) is 13.0 Å². The molecule has 1 aromatic carbocycles. The van der Waals surface area contributed by atoms with E-state index < -0.39 is 22.0 Å². The van der Waals surface area contributed by atoms with E-state index in [-0.39, 0.29) is 10.6 Å². The number of carboxylic acid groups (broad SMARTS) is 1. The number of aryl methyl sites for hydroxylation is 1. The van der Waals surface area contributed by atoms with Crippen molar-refractivity contribution < 1.29 is 18.3 Å². The monoisotopic (exact) mass is 339 g/mol. The zero-order valence-electron chi connectivity index (χ0n) is 12.0. The van der Waals surface area contributed by atoms with Gasteiger partial charge in [0.05, 0.1) is 0 Å². The lowest BCUT2D eigenvalue weighted by Gasteiger charge is -2.14. The summed E-state index contributed by atoms with van der Waals surface area (Å²) in [6.45, 7) is 1.94. The van der Waals surface area contributed by atoms with Crippen molar-refractivity contribution in [3.63, 3.8) is 0 Å². The van der Waals surface area contributed by atoms with Crippen LogP contribution in [0.15, 0.2) is 46.7 Å². The Morgan fingerprint density at radius 1 is 1.23 bits per heavy atom. The summed E-state index contributed by atoms with van der Waals surface area (Å²) in [5.41, 5.74) is 0.762. The highest BCUT2D eigenvalue weighted by Crippen LogP contribution is 2.22. The third-order valence-corrected chi connectivity index (χ3v) is 6.32. The number of hydrogen-bond donors (Lipinski definition) is 2. The van der Waals surface area contributed by atoms with Crippen LogP contribution in [0.1, 0.15) is 17.4 Å². The van der Waals surface area contributed by atoms with Gasteiger partial charge in [0.15, 0.2) is 0 Å². The molecule has 2 N–H and O–H groups in total. The van der Waals surface area contributed by atoms with Gasteiger partial charge < -0.3 is 5.11 Å². The van der Waals surface area contributed by atoms with E-state index in [9.17, 15) is 18.3 Å². The van der Waals surface area contributed by atoms with Crippen LogP contribution in [-0.4, -0.2) is 25.5 Å². The Hall–Kier alpha value is -1.70. The van der Waals surface area contributed by atoms with Crippen molar-refractivity contribution in [3.05, 3.63) is 52.9 Å². The van der Waals surface area contributed by atoms with E-state index in [2.05, 4.69) is 4.72 Å². The molecule has 5 nitrogen and oxygen atoms in total. The highest BCUT2D eigenvalue weighted by Gasteiger charge is 2.26. The summed E-state index contributed by atoms with van der Waals surface area (Å²) in [7, 11) is -3.83. The average Bonchev–Trinajstić information content (AvgIpc) is 2.97. The summed E-state index contributed by atoms with van der Waals surface area (Å²) in [6.07, 6.45) is 0.841. The molecule has 0 unspecified atom stereocenters. The zero-order valence-corrected chi connectivity index (χ0v) is 13.7. The second-order valence-corrected chi connectivity index (χ2v) is 7.89. The van der Waals surface area contributed by atoms with Gasteiger partial charge in [0.1, 0.15) is 10.3 Å². The molecule has 118 valence electrons. The number of carboxylic acids is 1. The molecular weight excluding hydrogens is 322 g/mol. The molecule has 0 amide bonds. The fourth-order valence-electron chi connectivity index (χ4n) is 1.97. The lowest BCUT2D eigenvalue weighted by Crippen LogP contribution is -2.42. The third kappa shape index (κ3) is 4.16. The van der Waals surface area contributed by atoms with Gasteiger partial charge in [-0.3, -0.25) is 4.79 Å². The fourth-order valence-corrected chi connectivity index (χ4v) is 4.47. The number of thiophene rings is 1. The molecule has 2 aromatic rings. The molecular formula is C15H17NO4S2. The Kier molecular flexibility index (Phi) is 5.33. The van der Waals surface area contributed by atoms with Crippen LogP contribution in [0.2, 0.25) is 0 Å². The van der Waals surface area contributed by atoms with Crippen molar-refractivity contribution in [1.82, 2.24) is 4.72 Å². The second kappa shape index (κ2) is 7.04. The molecule has 0 spiro atoms. The van der Waals surface area contributed by atoms with E-state index in [1.165, 1.54) is 6.07 Å². The van der Waals surface area contributed by atoms with Crippen LogP contribution < -0.4 is 4.72 Å². The normalized spacial score (nSPS) is 13.0. The Balaban J connectivity index is 2.18. The predicted octanol–water partition coefficient (Wildman–Crippen LogP) is 2.28. The molecule has 1 atom stereocenters. The quantitative estimate of drug-likeness (QED) is 0.811. The van der Waals surface area contributed by atoms with Gasteiger partial charge in [0, 0.05) is 4.88 Å². The smallest absolute Gasteiger partial charge is 0.322 e. The van der Waals surface area contributed by atoms with Gasteiger partial charge in [0.2, 0.25) is 0 Å². The molecule has 0 bridgehead atoms. The first kappa shape index (κ1) is 16.7. The maximum absolute atomic E-state index is 12.3. The lowest BCUT2D eigenvalue weighted by atomic mass is 10.1. The van der Waals surface area contributed by atoms with E-state index >= 15 is 0 Å². The van der Waals surface area contributed by atoms with Crippen molar-refractivity contribution in [1.29, 1.82) is 0 Å². The van der Waals surface area contributed by atoms with Crippen LogP contribution in [0.4, 0.5) is 0 Å². The number of rotatable bonds is 7. The Bertz CT molecular complexity index is 738. The third-order valence-electron chi connectivity index (χ3n) is 3.13. The van der Waals surface area contributed by atoms with Gasteiger partial charge >= 0.3 is 5.97 Å². The van der Waals surface area contributed by atoms with Crippen LogP contribution in [0, 0.1) is 0 Å². The van der Waals surface area contributed by atoms with E-state index in [0.717, 1.165) is 28.2 Å². The Labute approximate surface area is 133 Å². The molecule has 0 radical (unpaired) electrons. The van der Waals surface area contributed by atoms with Crippen molar-refractivity contribution in [2.24, 2.45) is 0 Å². The summed E-state index contributed by atoms with van der Waals surface area (Å²) < 4.78 is 27.0. The molecule has 0 aliphatic rings. The maximum Gasteiger partial charge on any atom is 0.322 e. The fraction of sp³-hybridized carbons (Fsp3) is 0.267. The highest BCUT2D eigenvalue weighted by atomic mass is 32.2. The maximum atomic E-state index is 12.3. The van der Waals surface area contributed by atoms with Gasteiger partial charge in [-0.2, -0.15) is 4.72 Å². The van der Waals surface area contributed by atoms with Crippen molar-refractivity contribution in [2.75, 3.05) is 0 Å². The van der Waals surface area contributed by atoms with Crippen molar-refractivity contribution >= 4 is 27.3 Å². The van der Waals surface area contributed by atoms with Crippen LogP contribution in [0.3, 0.4) is 0 Å². The number of sulfonamides is 1. The SMILES string of the molecule is CCc1ccc(S(=O)(=O)N[C@H](Cc2ccccc2)C(=O)O)s1. The van der Waals surface area contributed by atoms with Crippen molar-refractivity contribution in [3.8, 4) is 0 Å². The summed E-state index contributed by atoms with van der Waals surface area (Å²) in [5, 5.41) is 9.27. The Morgan fingerprint density at radius 3 is 2.45 bits per heavy atom. The molecule has 1 aromatic heterocycles. The summed E-state index contributed by atoms with van der Waals surface area (Å²) in [5.74, 6) is -1.19. The minimum Gasteiger partial charge on any atom is -0.480 e. The van der Waals surface area contributed by atoms with E-state index in [4.69, 9.17) is 0 Å². The lowest BCUT2D eigenvalue weighted by molar-refractivity contribution is -0.138. The van der Waals surface area contributed by atoms with Crippen LogP contribution in [0.5, 0.6) is 0 Å². The number of benzene rings is 1. The summed E-state index contributed by atoms with van der Waals surface area (Å²) in [4.78, 5) is 12.3. The van der Waals surface area contributed by atoms with Crippen LogP contribution in [-0.2, 0) is 27.7 Å². The van der Waals surface area contributed by atoms with Gasteiger partial charge in [-0.05, 0) is 30.5 Å². The number of nitrogens with one attached hydrogen (secondary N) is 1. The first-order valence-electron chi connectivity index (χ1n) is 6.80. The number of carbonyl (C=O) groups is 1. The first-order chi connectivity index (χ1) is 10.4. The summed E-state index contributed by atoms with van der Waals surface area (Å²) >= 11 is 1.16. The topological polar surface area (TPSA) is 83.5 Å². The molecule has 0 aliphatic carbocycles. The van der Waals surface area contributed by atoms with Crippen LogP contribution in [0.25, 0.3) is 0 Å². The van der Waals surface area contributed by atoms with Gasteiger partial charge in [0.25, 0.3) is 10.0 Å². The standard InChI is InChI=1S/C15H17NO4S2/c1-2-12-8-9-14(21-12)22(19,20)16-13(15(17)18)10-11-6-4-3-5-7-11/h3-9,13,16H,2,10H2,1H3,(H,17,18)/t13-/m1/s1.